The van der Waals surface area contributed by atoms with Crippen LogP contribution in [0.1, 0.15) is 32.3 Å². The van der Waals surface area contributed by atoms with Crippen molar-refractivity contribution < 1.29 is 9.84 Å². The fraction of sp³-hybridized carbons (Fsp3) is 0.571. The van der Waals surface area contributed by atoms with Gasteiger partial charge < -0.3 is 15.6 Å². The molecule has 0 bridgehead atoms. The molecule has 3 nitrogen and oxygen atoms in total. The molecule has 0 fully saturated rings. The molecule has 1 aromatic carbocycles. The van der Waals surface area contributed by atoms with Gasteiger partial charge in [0.15, 0.2) is 0 Å². The fourth-order valence-corrected chi connectivity index (χ4v) is 1.56. The number of rotatable bonds is 7. The van der Waals surface area contributed by atoms with E-state index in [0.29, 0.717) is 13.2 Å². The first-order valence-corrected chi connectivity index (χ1v) is 6.21. The molecule has 96 valence electrons. The molecule has 0 aliphatic carbocycles. The van der Waals surface area contributed by atoms with Crippen molar-refractivity contribution in [2.45, 2.75) is 38.7 Å². The molecular formula is C14H23NO2. The zero-order valence-electron chi connectivity index (χ0n) is 10.8. The van der Waals surface area contributed by atoms with Crippen LogP contribution in [0.3, 0.4) is 0 Å². The van der Waals surface area contributed by atoms with Gasteiger partial charge >= 0.3 is 0 Å². The summed E-state index contributed by atoms with van der Waals surface area (Å²) in [7, 11) is 0. The maximum absolute atomic E-state index is 9.95. The summed E-state index contributed by atoms with van der Waals surface area (Å²) >= 11 is 0. The van der Waals surface area contributed by atoms with E-state index in [4.69, 9.17) is 10.5 Å². The summed E-state index contributed by atoms with van der Waals surface area (Å²) in [4.78, 5) is 0. The number of benzene rings is 1. The van der Waals surface area contributed by atoms with E-state index in [0.717, 1.165) is 25.0 Å². The maximum Gasteiger partial charge on any atom is 0.119 e. The van der Waals surface area contributed by atoms with Crippen LogP contribution in [0.5, 0.6) is 5.75 Å². The predicted molar refractivity (Wildman–Crippen MR) is 70.2 cm³/mol. The van der Waals surface area contributed by atoms with Crippen molar-refractivity contribution in [1.82, 2.24) is 0 Å². The molecule has 3 heteroatoms. The Kier molecular flexibility index (Phi) is 5.45. The highest BCUT2D eigenvalue weighted by Crippen LogP contribution is 2.20. The summed E-state index contributed by atoms with van der Waals surface area (Å²) in [5.41, 5.74) is 6.00. The third kappa shape index (κ3) is 5.20. The Balaban J connectivity index is 2.53. The minimum Gasteiger partial charge on any atom is -0.492 e. The predicted octanol–water partition coefficient (Wildman–Crippen LogP) is 2.12. The Hall–Kier alpha value is -1.06. The van der Waals surface area contributed by atoms with Gasteiger partial charge in [-0.25, -0.2) is 0 Å². The van der Waals surface area contributed by atoms with Gasteiger partial charge in [0.1, 0.15) is 12.4 Å². The molecule has 0 saturated carbocycles. The van der Waals surface area contributed by atoms with E-state index in [2.05, 4.69) is 6.07 Å². The summed E-state index contributed by atoms with van der Waals surface area (Å²) in [6.45, 7) is 4.94. The van der Waals surface area contributed by atoms with Crippen LogP contribution in [0.15, 0.2) is 24.3 Å². The lowest BCUT2D eigenvalue weighted by molar-refractivity contribution is 0.0473. The second-order valence-corrected chi connectivity index (χ2v) is 4.64. The van der Waals surface area contributed by atoms with Gasteiger partial charge in [0, 0.05) is 6.54 Å². The van der Waals surface area contributed by atoms with E-state index in [1.807, 2.05) is 32.0 Å². The number of aryl methyl sites for hydroxylation is 1. The molecule has 0 aliphatic rings. The van der Waals surface area contributed by atoms with Crippen LogP contribution in [-0.4, -0.2) is 23.9 Å². The van der Waals surface area contributed by atoms with Gasteiger partial charge in [-0.3, -0.25) is 0 Å². The average molecular weight is 237 g/mol. The Morgan fingerprint density at radius 3 is 2.82 bits per heavy atom. The second-order valence-electron chi connectivity index (χ2n) is 4.64. The van der Waals surface area contributed by atoms with Gasteiger partial charge in [-0.05, 0) is 43.9 Å². The first-order valence-electron chi connectivity index (χ1n) is 6.21. The molecule has 0 spiro atoms. The smallest absolute Gasteiger partial charge is 0.119 e. The number of hydrogen-bond acceptors (Lipinski definition) is 3. The summed E-state index contributed by atoms with van der Waals surface area (Å²) in [5.74, 6) is 0.851. The molecule has 1 unspecified atom stereocenters. The van der Waals surface area contributed by atoms with Crippen molar-refractivity contribution >= 4 is 0 Å². The summed E-state index contributed by atoms with van der Waals surface area (Å²) in [6.07, 6.45) is 2.40. The van der Waals surface area contributed by atoms with Crippen molar-refractivity contribution in [3.05, 3.63) is 29.8 Å². The van der Waals surface area contributed by atoms with Crippen LogP contribution in [0.2, 0.25) is 0 Å². The van der Waals surface area contributed by atoms with Crippen LogP contribution in [0, 0.1) is 0 Å². The van der Waals surface area contributed by atoms with E-state index in [9.17, 15) is 5.11 Å². The van der Waals surface area contributed by atoms with Gasteiger partial charge in [-0.15, -0.1) is 0 Å². The zero-order valence-corrected chi connectivity index (χ0v) is 10.8. The molecule has 0 aliphatic heterocycles. The average Bonchev–Trinajstić information content (AvgIpc) is 2.35. The molecule has 0 saturated heterocycles. The van der Waals surface area contributed by atoms with E-state index >= 15 is 0 Å². The van der Waals surface area contributed by atoms with Gasteiger partial charge in [-0.2, -0.15) is 0 Å². The van der Waals surface area contributed by atoms with Gasteiger partial charge in [0.2, 0.25) is 0 Å². The normalized spacial score (nSPS) is 14.4. The van der Waals surface area contributed by atoms with Crippen molar-refractivity contribution in [3.63, 3.8) is 0 Å². The molecule has 0 heterocycles. The van der Waals surface area contributed by atoms with Crippen LogP contribution < -0.4 is 10.5 Å². The van der Waals surface area contributed by atoms with Crippen molar-refractivity contribution in [2.75, 3.05) is 13.2 Å². The molecule has 1 atom stereocenters. The first kappa shape index (κ1) is 14.0. The van der Waals surface area contributed by atoms with E-state index in [1.165, 1.54) is 5.56 Å². The summed E-state index contributed by atoms with van der Waals surface area (Å²) in [6, 6.07) is 7.97. The molecule has 17 heavy (non-hydrogen) atoms. The van der Waals surface area contributed by atoms with Crippen LogP contribution in [0.25, 0.3) is 0 Å². The second kappa shape index (κ2) is 6.62. The summed E-state index contributed by atoms with van der Waals surface area (Å²) in [5, 5.41) is 9.95. The molecule has 0 aromatic heterocycles. The molecule has 0 radical (unpaired) electrons. The number of ether oxygens (including phenoxy) is 1. The highest BCUT2D eigenvalue weighted by molar-refractivity contribution is 5.28. The lowest BCUT2D eigenvalue weighted by Gasteiger charge is -2.21. The minimum absolute atomic E-state index is 0.523. The van der Waals surface area contributed by atoms with Crippen LogP contribution in [-0.2, 0) is 6.42 Å². The fourth-order valence-electron chi connectivity index (χ4n) is 1.56. The first-order chi connectivity index (χ1) is 8.07. The van der Waals surface area contributed by atoms with E-state index in [-0.39, 0.29) is 0 Å². The standard InChI is InChI=1S/C14H23NO2/c1-3-14(2,16)8-7-12-5-4-6-13(11-12)17-10-9-15/h4-6,11,16H,3,7-10,15H2,1-2H3. The highest BCUT2D eigenvalue weighted by Gasteiger charge is 2.16. The molecule has 0 amide bonds. The lowest BCUT2D eigenvalue weighted by Crippen LogP contribution is -2.23. The quantitative estimate of drug-likeness (QED) is 0.763. The Morgan fingerprint density at radius 2 is 2.18 bits per heavy atom. The zero-order chi connectivity index (χ0) is 12.7. The number of nitrogens with two attached hydrogens (primary N) is 1. The molecular weight excluding hydrogens is 214 g/mol. The largest absolute Gasteiger partial charge is 0.492 e. The van der Waals surface area contributed by atoms with E-state index < -0.39 is 5.60 Å². The molecule has 3 N–H and O–H groups in total. The summed E-state index contributed by atoms with van der Waals surface area (Å²) < 4.78 is 5.47. The van der Waals surface area contributed by atoms with Crippen LogP contribution in [0.4, 0.5) is 0 Å². The topological polar surface area (TPSA) is 55.5 Å². The minimum atomic E-state index is -0.575. The van der Waals surface area contributed by atoms with Gasteiger partial charge in [-0.1, -0.05) is 19.1 Å². The van der Waals surface area contributed by atoms with Crippen molar-refractivity contribution in [2.24, 2.45) is 5.73 Å². The maximum atomic E-state index is 9.95. The Labute approximate surface area is 104 Å². The van der Waals surface area contributed by atoms with Crippen molar-refractivity contribution in [1.29, 1.82) is 0 Å². The molecule has 1 aromatic rings. The third-order valence-corrected chi connectivity index (χ3v) is 3.00. The highest BCUT2D eigenvalue weighted by atomic mass is 16.5. The van der Waals surface area contributed by atoms with Gasteiger partial charge in [0.05, 0.1) is 5.60 Å². The van der Waals surface area contributed by atoms with E-state index in [1.54, 1.807) is 0 Å². The SMILES string of the molecule is CCC(C)(O)CCc1cccc(OCCN)c1. The van der Waals surface area contributed by atoms with Gasteiger partial charge in [0.25, 0.3) is 0 Å². The monoisotopic (exact) mass is 237 g/mol. The van der Waals surface area contributed by atoms with Crippen LogP contribution >= 0.6 is 0 Å². The Morgan fingerprint density at radius 1 is 1.41 bits per heavy atom. The van der Waals surface area contributed by atoms with Crippen molar-refractivity contribution in [3.8, 4) is 5.75 Å². The number of hydrogen-bond donors (Lipinski definition) is 2. The Bertz CT molecular complexity index is 337. The molecule has 1 rings (SSSR count). The lowest BCUT2D eigenvalue weighted by atomic mass is 9.94. The third-order valence-electron chi connectivity index (χ3n) is 3.00. The number of aliphatic hydroxyl groups is 1.